The fourth-order valence-electron chi connectivity index (χ4n) is 3.71. The van der Waals surface area contributed by atoms with E-state index < -0.39 is 26.1 Å². The first-order chi connectivity index (χ1) is 12.4. The number of carboxylic acid groups (broad SMARTS) is 1. The molecule has 3 aliphatic carbocycles. The maximum absolute atomic E-state index is 10.1. The van der Waals surface area contributed by atoms with Crippen LogP contribution in [0, 0.1) is 11.8 Å². The van der Waals surface area contributed by atoms with Gasteiger partial charge in [-0.05, 0) is 19.4 Å². The molecule has 154 valence electrons. The van der Waals surface area contributed by atoms with Crippen molar-refractivity contribution in [2.75, 3.05) is 6.54 Å². The Morgan fingerprint density at radius 3 is 2.19 bits per heavy atom. The minimum absolute atomic E-state index is 0.205. The quantitative estimate of drug-likeness (QED) is 0.277. The Morgan fingerprint density at radius 2 is 1.67 bits per heavy atom. The normalized spacial score (nSPS) is 39.2. The maximum Gasteiger partial charge on any atom is 0.320 e. The van der Waals surface area contributed by atoms with Crippen LogP contribution in [0.1, 0.15) is 19.3 Å². The summed E-state index contributed by atoms with van der Waals surface area (Å²) in [5.41, 5.74) is 10.4. The van der Waals surface area contributed by atoms with Gasteiger partial charge in [-0.1, -0.05) is 65.0 Å². The average molecular weight is 520 g/mol. The molecule has 3 aliphatic rings. The lowest BCUT2D eigenvalue weighted by atomic mass is 9.84. The second-order valence-corrected chi connectivity index (χ2v) is 10.5. The molecule has 6 unspecified atom stereocenters. The molecule has 0 aromatic carbocycles. The number of alkyl halides is 5. The van der Waals surface area contributed by atoms with Crippen molar-refractivity contribution in [3.63, 3.8) is 0 Å². The van der Waals surface area contributed by atoms with Gasteiger partial charge in [-0.3, -0.25) is 4.79 Å². The number of hydrogen-bond donors (Lipinski definition) is 3. The van der Waals surface area contributed by atoms with E-state index in [0.29, 0.717) is 13.0 Å². The van der Waals surface area contributed by atoms with Crippen molar-refractivity contribution >= 4 is 87.2 Å². The first-order valence-electron chi connectivity index (χ1n) is 8.21. The standard InChI is InChI=1S/C10H5Cl7.C6H14N2O2/c11-4-2-1-3-5(4)9(15)7(13)6(12)8(3,14)10(9,16)17;7-4-2-1-3-5(8)6(9)10/h1-5H;5H,1-4,7-8H2,(H,9,10). The van der Waals surface area contributed by atoms with Crippen LogP contribution in [-0.4, -0.2) is 43.1 Å². The highest BCUT2D eigenvalue weighted by molar-refractivity contribution is 6.66. The van der Waals surface area contributed by atoms with Crippen molar-refractivity contribution in [1.29, 1.82) is 0 Å². The van der Waals surface area contributed by atoms with Crippen LogP contribution in [0.3, 0.4) is 0 Å². The number of carboxylic acids is 1. The third kappa shape index (κ3) is 3.51. The van der Waals surface area contributed by atoms with Crippen molar-refractivity contribution in [3.8, 4) is 0 Å². The average Bonchev–Trinajstić information content (AvgIpc) is 3.09. The molecule has 27 heavy (non-hydrogen) atoms. The molecule has 1 fully saturated rings. The Labute approximate surface area is 193 Å². The number of fused-ring (bicyclic) bond motifs is 5. The van der Waals surface area contributed by atoms with Crippen LogP contribution in [-0.2, 0) is 4.79 Å². The molecule has 4 nitrogen and oxygen atoms in total. The summed E-state index contributed by atoms with van der Waals surface area (Å²) in [6.07, 6.45) is 5.86. The Bertz CT molecular complexity index is 671. The van der Waals surface area contributed by atoms with Gasteiger partial charge in [0.1, 0.15) is 15.8 Å². The largest absolute Gasteiger partial charge is 0.480 e. The second-order valence-electron chi connectivity index (χ2n) is 6.74. The van der Waals surface area contributed by atoms with Gasteiger partial charge in [-0.2, -0.15) is 0 Å². The molecule has 1 saturated carbocycles. The Balaban J connectivity index is 0.000000227. The molecule has 2 bridgehead atoms. The summed E-state index contributed by atoms with van der Waals surface area (Å²) in [5, 5.41) is 8.44. The van der Waals surface area contributed by atoms with E-state index in [1.54, 1.807) is 0 Å². The van der Waals surface area contributed by atoms with Gasteiger partial charge in [0.05, 0.1) is 15.4 Å². The molecule has 0 radical (unpaired) electrons. The lowest BCUT2D eigenvalue weighted by Gasteiger charge is -2.34. The van der Waals surface area contributed by atoms with Crippen LogP contribution in [0.15, 0.2) is 22.2 Å². The number of halogens is 7. The summed E-state index contributed by atoms with van der Waals surface area (Å²) < 4.78 is -1.48. The molecule has 0 aliphatic heterocycles. The van der Waals surface area contributed by atoms with Gasteiger partial charge in [0.2, 0.25) is 0 Å². The van der Waals surface area contributed by atoms with Crippen LogP contribution in [0.5, 0.6) is 0 Å². The molecule has 6 atom stereocenters. The molecule has 5 N–H and O–H groups in total. The van der Waals surface area contributed by atoms with E-state index >= 15 is 0 Å². The van der Waals surface area contributed by atoms with Gasteiger partial charge in [0.25, 0.3) is 0 Å². The highest BCUT2D eigenvalue weighted by atomic mass is 35.5. The summed E-state index contributed by atoms with van der Waals surface area (Å²) in [6.45, 7) is 0.604. The smallest absolute Gasteiger partial charge is 0.320 e. The summed E-state index contributed by atoms with van der Waals surface area (Å²) in [6, 6.07) is -0.716. The lowest BCUT2D eigenvalue weighted by molar-refractivity contribution is -0.138. The lowest BCUT2D eigenvalue weighted by Crippen LogP contribution is -2.45. The zero-order valence-corrected chi connectivity index (χ0v) is 19.2. The molecular formula is C16H19Cl7N2O2. The summed E-state index contributed by atoms with van der Waals surface area (Å²) in [4.78, 5) is 7.69. The molecule has 0 aromatic heterocycles. The molecule has 0 spiro atoms. The SMILES string of the molecule is ClC1=C(Cl)C2(Cl)C3C(Cl)C=CC3C1(Cl)C2(Cl)Cl.NCCCCC(N)C(=O)O. The number of nitrogens with two attached hydrogens (primary N) is 2. The van der Waals surface area contributed by atoms with E-state index in [4.69, 9.17) is 97.8 Å². The minimum atomic E-state index is -1.48. The fourth-order valence-corrected chi connectivity index (χ4v) is 7.23. The first kappa shape index (κ1) is 24.2. The molecule has 0 heterocycles. The summed E-state index contributed by atoms with van der Waals surface area (Å²) in [7, 11) is 0. The van der Waals surface area contributed by atoms with E-state index in [0.717, 1.165) is 12.8 Å². The zero-order chi connectivity index (χ0) is 20.8. The van der Waals surface area contributed by atoms with Crippen molar-refractivity contribution < 1.29 is 9.90 Å². The van der Waals surface area contributed by atoms with Crippen molar-refractivity contribution in [3.05, 3.63) is 22.2 Å². The van der Waals surface area contributed by atoms with Crippen LogP contribution in [0.2, 0.25) is 0 Å². The van der Waals surface area contributed by atoms with E-state index in [9.17, 15) is 4.79 Å². The van der Waals surface area contributed by atoms with Gasteiger partial charge >= 0.3 is 5.97 Å². The number of rotatable bonds is 5. The van der Waals surface area contributed by atoms with Crippen LogP contribution in [0.4, 0.5) is 0 Å². The number of hydrogen-bond acceptors (Lipinski definition) is 3. The van der Waals surface area contributed by atoms with Crippen LogP contribution in [0.25, 0.3) is 0 Å². The van der Waals surface area contributed by atoms with Crippen molar-refractivity contribution in [1.82, 2.24) is 0 Å². The Hall–Kier alpha value is 0.900. The van der Waals surface area contributed by atoms with Gasteiger partial charge in [-0.15, -0.1) is 34.8 Å². The fraction of sp³-hybridized carbons (Fsp3) is 0.688. The predicted octanol–water partition coefficient (Wildman–Crippen LogP) is 4.77. The van der Waals surface area contributed by atoms with E-state index in [-0.39, 0.29) is 27.3 Å². The predicted molar refractivity (Wildman–Crippen MR) is 115 cm³/mol. The molecule has 0 saturated heterocycles. The summed E-state index contributed by atoms with van der Waals surface area (Å²) in [5.74, 6) is -1.40. The minimum Gasteiger partial charge on any atom is -0.480 e. The third-order valence-electron chi connectivity index (χ3n) is 5.18. The first-order valence-corrected chi connectivity index (χ1v) is 10.9. The monoisotopic (exact) mass is 516 g/mol. The van der Waals surface area contributed by atoms with Crippen molar-refractivity contribution in [2.45, 2.75) is 44.8 Å². The second kappa shape index (κ2) is 8.56. The number of allylic oxidation sites excluding steroid dienone is 4. The van der Waals surface area contributed by atoms with Gasteiger partial charge in [-0.25, -0.2) is 0 Å². The summed E-state index contributed by atoms with van der Waals surface area (Å²) >= 11 is 44.5. The topological polar surface area (TPSA) is 89.3 Å². The maximum atomic E-state index is 10.1. The highest BCUT2D eigenvalue weighted by Gasteiger charge is 2.83. The van der Waals surface area contributed by atoms with Crippen molar-refractivity contribution in [2.24, 2.45) is 23.3 Å². The van der Waals surface area contributed by atoms with E-state index in [2.05, 4.69) is 0 Å². The van der Waals surface area contributed by atoms with Gasteiger partial charge < -0.3 is 16.6 Å². The van der Waals surface area contributed by atoms with Crippen LogP contribution < -0.4 is 11.5 Å². The number of aliphatic carboxylic acids is 1. The Morgan fingerprint density at radius 1 is 1.11 bits per heavy atom. The number of unbranched alkanes of at least 4 members (excludes halogenated alkanes) is 1. The van der Waals surface area contributed by atoms with E-state index in [1.807, 2.05) is 12.2 Å². The van der Waals surface area contributed by atoms with Gasteiger partial charge in [0, 0.05) is 11.8 Å². The molecular weight excluding hydrogens is 500 g/mol. The molecule has 0 amide bonds. The number of carbonyl (C=O) groups is 1. The van der Waals surface area contributed by atoms with E-state index in [1.165, 1.54) is 0 Å². The Kier molecular flexibility index (Phi) is 7.67. The molecule has 11 heteroatoms. The van der Waals surface area contributed by atoms with Crippen LogP contribution >= 0.6 is 81.2 Å². The molecule has 3 rings (SSSR count). The molecule has 0 aromatic rings. The zero-order valence-electron chi connectivity index (χ0n) is 13.9. The van der Waals surface area contributed by atoms with Gasteiger partial charge in [0.15, 0.2) is 4.33 Å². The third-order valence-corrected chi connectivity index (χ3v) is 9.89. The highest BCUT2D eigenvalue weighted by Crippen LogP contribution is 2.78.